The Bertz CT molecular complexity index is 401. The molecule has 0 aromatic carbocycles. The number of nitrogens with one attached hydrogen (secondary N) is 1. The summed E-state index contributed by atoms with van der Waals surface area (Å²) in [5.41, 5.74) is 5.20. The van der Waals surface area contributed by atoms with Gasteiger partial charge in [0.2, 0.25) is 5.82 Å². The summed E-state index contributed by atoms with van der Waals surface area (Å²) < 4.78 is 5.11. The summed E-state index contributed by atoms with van der Waals surface area (Å²) in [6, 6.07) is 3.57. The molecule has 66 valence electrons. The molecule has 0 aliphatic carbocycles. The Hall–Kier alpha value is -2.04. The number of hydrogen-bond donors (Lipinski definition) is 2. The van der Waals surface area contributed by atoms with Gasteiger partial charge in [-0.25, -0.2) is 4.98 Å². The van der Waals surface area contributed by atoms with Crippen molar-refractivity contribution in [2.75, 3.05) is 0 Å². The summed E-state index contributed by atoms with van der Waals surface area (Å²) in [5.74, 6) is 1.76. The second-order valence-electron chi connectivity index (χ2n) is 2.38. The molecule has 0 atom stereocenters. The number of nitrogens with zero attached hydrogens (tertiary/aromatic N) is 2. The Balaban J connectivity index is 2.33. The molecule has 5 heteroatoms. The van der Waals surface area contributed by atoms with Gasteiger partial charge in [0.25, 0.3) is 0 Å². The van der Waals surface area contributed by atoms with Gasteiger partial charge in [-0.3, -0.25) is 5.10 Å². The first-order chi connectivity index (χ1) is 6.40. The van der Waals surface area contributed by atoms with E-state index in [0.717, 1.165) is 0 Å². The van der Waals surface area contributed by atoms with E-state index < -0.39 is 0 Å². The van der Waals surface area contributed by atoms with Gasteiger partial charge in [-0.05, 0) is 24.4 Å². The molecule has 0 bridgehead atoms. The zero-order valence-corrected chi connectivity index (χ0v) is 6.77. The molecular weight excluding hydrogens is 168 g/mol. The number of aromatic nitrogens is 3. The predicted molar refractivity (Wildman–Crippen MR) is 47.3 cm³/mol. The maximum atomic E-state index is 5.20. The van der Waals surface area contributed by atoms with Gasteiger partial charge in [0.1, 0.15) is 5.82 Å². The summed E-state index contributed by atoms with van der Waals surface area (Å²) in [6.07, 6.45) is 4.59. The predicted octanol–water partition coefficient (Wildman–Crippen LogP) is 0.994. The largest absolute Gasteiger partial charge is 0.461 e. The lowest BCUT2D eigenvalue weighted by atomic mass is 10.4. The summed E-state index contributed by atoms with van der Waals surface area (Å²) in [4.78, 5) is 4.12. The van der Waals surface area contributed by atoms with Gasteiger partial charge in [-0.1, -0.05) is 0 Å². The molecule has 0 spiro atoms. The molecule has 5 nitrogen and oxygen atoms in total. The Morgan fingerprint density at radius 1 is 1.54 bits per heavy atom. The van der Waals surface area contributed by atoms with E-state index in [-0.39, 0.29) is 0 Å². The Labute approximate surface area is 74.3 Å². The van der Waals surface area contributed by atoms with Crippen LogP contribution >= 0.6 is 0 Å². The second-order valence-corrected chi connectivity index (χ2v) is 2.38. The normalized spacial score (nSPS) is 11.1. The lowest BCUT2D eigenvalue weighted by molar-refractivity contribution is 0.577. The number of aromatic amines is 1. The molecule has 13 heavy (non-hydrogen) atoms. The van der Waals surface area contributed by atoms with Crippen LogP contribution in [0.15, 0.2) is 29.0 Å². The quantitative estimate of drug-likeness (QED) is 0.715. The molecule has 0 fully saturated rings. The zero-order valence-electron chi connectivity index (χ0n) is 6.77. The van der Waals surface area contributed by atoms with Gasteiger partial charge < -0.3 is 10.2 Å². The van der Waals surface area contributed by atoms with Crippen molar-refractivity contribution in [2.45, 2.75) is 0 Å². The van der Waals surface area contributed by atoms with Crippen molar-refractivity contribution >= 4 is 6.08 Å². The highest BCUT2D eigenvalue weighted by Crippen LogP contribution is 2.14. The lowest BCUT2D eigenvalue weighted by Crippen LogP contribution is -1.79. The van der Waals surface area contributed by atoms with Crippen LogP contribution in [-0.2, 0) is 0 Å². The minimum atomic E-state index is 0.526. The third kappa shape index (κ3) is 1.44. The molecule has 0 amide bonds. The minimum Gasteiger partial charge on any atom is -0.461 e. The third-order valence-electron chi connectivity index (χ3n) is 1.50. The summed E-state index contributed by atoms with van der Waals surface area (Å²) >= 11 is 0. The summed E-state index contributed by atoms with van der Waals surface area (Å²) in [7, 11) is 0. The number of furan rings is 1. The number of rotatable bonds is 2. The molecule has 2 aromatic heterocycles. The first-order valence-electron chi connectivity index (χ1n) is 3.74. The molecule has 0 aliphatic heterocycles. The van der Waals surface area contributed by atoms with Crippen LogP contribution in [0, 0.1) is 0 Å². The zero-order chi connectivity index (χ0) is 9.10. The second kappa shape index (κ2) is 3.14. The van der Waals surface area contributed by atoms with Crippen LogP contribution < -0.4 is 5.73 Å². The van der Waals surface area contributed by atoms with Crippen LogP contribution in [0.5, 0.6) is 0 Å². The van der Waals surface area contributed by atoms with Crippen molar-refractivity contribution in [1.29, 1.82) is 0 Å². The van der Waals surface area contributed by atoms with E-state index in [4.69, 9.17) is 10.2 Å². The molecule has 0 saturated heterocycles. The summed E-state index contributed by atoms with van der Waals surface area (Å²) in [6.45, 7) is 0. The number of H-pyrrole nitrogens is 1. The van der Waals surface area contributed by atoms with Crippen LogP contribution in [0.4, 0.5) is 0 Å². The number of nitrogens with two attached hydrogens (primary N) is 1. The topological polar surface area (TPSA) is 80.7 Å². The molecule has 0 saturated carbocycles. The Morgan fingerprint density at radius 2 is 2.46 bits per heavy atom. The van der Waals surface area contributed by atoms with Gasteiger partial charge in [0, 0.05) is 0 Å². The van der Waals surface area contributed by atoms with Gasteiger partial charge in [-0.15, -0.1) is 5.10 Å². The van der Waals surface area contributed by atoms with E-state index in [1.54, 1.807) is 24.5 Å². The van der Waals surface area contributed by atoms with Crippen LogP contribution in [0.1, 0.15) is 5.82 Å². The van der Waals surface area contributed by atoms with E-state index in [1.807, 2.05) is 0 Å². The molecule has 0 aliphatic rings. The SMILES string of the molecule is N/C=C/c1nc(-c2ccco2)n[nH]1. The highest BCUT2D eigenvalue weighted by Gasteiger charge is 2.05. The van der Waals surface area contributed by atoms with Crippen LogP contribution in [0.3, 0.4) is 0 Å². The van der Waals surface area contributed by atoms with E-state index in [9.17, 15) is 0 Å². The molecule has 2 rings (SSSR count). The highest BCUT2D eigenvalue weighted by atomic mass is 16.3. The first-order valence-corrected chi connectivity index (χ1v) is 3.74. The molecule has 3 N–H and O–H groups in total. The highest BCUT2D eigenvalue weighted by molar-refractivity contribution is 5.49. The van der Waals surface area contributed by atoms with Crippen molar-refractivity contribution in [3.8, 4) is 11.6 Å². The molecular formula is C8H8N4O. The fourth-order valence-electron chi connectivity index (χ4n) is 0.956. The van der Waals surface area contributed by atoms with Crippen molar-refractivity contribution in [3.05, 3.63) is 30.4 Å². The summed E-state index contributed by atoms with van der Waals surface area (Å²) in [5, 5.41) is 6.65. The van der Waals surface area contributed by atoms with Crippen LogP contribution in [0.25, 0.3) is 17.7 Å². The smallest absolute Gasteiger partial charge is 0.217 e. The fourth-order valence-corrected chi connectivity index (χ4v) is 0.956. The monoisotopic (exact) mass is 176 g/mol. The minimum absolute atomic E-state index is 0.526. The van der Waals surface area contributed by atoms with E-state index >= 15 is 0 Å². The Morgan fingerprint density at radius 3 is 3.15 bits per heavy atom. The van der Waals surface area contributed by atoms with Gasteiger partial charge in [-0.2, -0.15) is 0 Å². The average Bonchev–Trinajstić information content (AvgIpc) is 2.70. The van der Waals surface area contributed by atoms with E-state index in [1.165, 1.54) is 6.20 Å². The Kier molecular flexibility index (Phi) is 1.84. The maximum absolute atomic E-state index is 5.20. The van der Waals surface area contributed by atoms with Crippen molar-refractivity contribution < 1.29 is 4.42 Å². The van der Waals surface area contributed by atoms with Crippen molar-refractivity contribution in [1.82, 2.24) is 15.2 Å². The average molecular weight is 176 g/mol. The fraction of sp³-hybridized carbons (Fsp3) is 0. The van der Waals surface area contributed by atoms with E-state index in [0.29, 0.717) is 17.4 Å². The van der Waals surface area contributed by atoms with Crippen molar-refractivity contribution in [3.63, 3.8) is 0 Å². The van der Waals surface area contributed by atoms with Crippen LogP contribution in [0.2, 0.25) is 0 Å². The standard InChI is InChI=1S/C8H8N4O/c9-4-3-7-10-8(12-11-7)6-2-1-5-13-6/h1-5H,9H2,(H,10,11,12)/b4-3+. The molecule has 2 heterocycles. The maximum Gasteiger partial charge on any atom is 0.217 e. The third-order valence-corrected chi connectivity index (χ3v) is 1.50. The lowest BCUT2D eigenvalue weighted by Gasteiger charge is -1.83. The molecule has 0 unspecified atom stereocenters. The molecule has 0 radical (unpaired) electrons. The van der Waals surface area contributed by atoms with Crippen LogP contribution in [-0.4, -0.2) is 15.2 Å². The molecule has 2 aromatic rings. The van der Waals surface area contributed by atoms with Crippen molar-refractivity contribution in [2.24, 2.45) is 5.73 Å². The van der Waals surface area contributed by atoms with E-state index in [2.05, 4.69) is 15.2 Å². The van der Waals surface area contributed by atoms with Gasteiger partial charge in [0.05, 0.1) is 6.26 Å². The van der Waals surface area contributed by atoms with Gasteiger partial charge in [0.15, 0.2) is 5.76 Å². The first kappa shape index (κ1) is 7.60. The number of hydrogen-bond acceptors (Lipinski definition) is 4. The van der Waals surface area contributed by atoms with Gasteiger partial charge >= 0.3 is 0 Å².